The quantitative estimate of drug-likeness (QED) is 0.590. The number of hydrazine groups is 1. The molecule has 0 heterocycles. The zero-order chi connectivity index (χ0) is 13.2. The maximum Gasteiger partial charge on any atom is 0.185 e. The van der Waals surface area contributed by atoms with Gasteiger partial charge in [0.25, 0.3) is 0 Å². The molecule has 2 bridgehead atoms. The molecule has 0 aromatic heterocycles. The predicted octanol–water partition coefficient (Wildman–Crippen LogP) is 3.32. The molecule has 0 radical (unpaired) electrons. The molecule has 2 saturated carbocycles. The number of thiocarbonyl (C=S) groups is 1. The normalized spacial score (nSPS) is 28.2. The minimum atomic E-state index is 0.548. The van der Waals surface area contributed by atoms with E-state index >= 15 is 0 Å². The van der Waals surface area contributed by atoms with Crippen LogP contribution in [-0.4, -0.2) is 11.2 Å². The lowest BCUT2D eigenvalue weighted by molar-refractivity contribution is 0.390. The van der Waals surface area contributed by atoms with Crippen LogP contribution in [0.3, 0.4) is 0 Å². The van der Waals surface area contributed by atoms with Crippen molar-refractivity contribution in [1.29, 1.82) is 0 Å². The van der Waals surface area contributed by atoms with Gasteiger partial charge < -0.3 is 5.32 Å². The Balaban J connectivity index is 1.48. The summed E-state index contributed by atoms with van der Waals surface area (Å²) in [5, 5.41) is 4.74. The Morgan fingerprint density at radius 2 is 2.05 bits per heavy atom. The third-order valence-electron chi connectivity index (χ3n) is 4.24. The van der Waals surface area contributed by atoms with Gasteiger partial charge in [-0.15, -0.1) is 0 Å². The maximum atomic E-state index is 6.06. The van der Waals surface area contributed by atoms with E-state index in [-0.39, 0.29) is 0 Å². The predicted molar refractivity (Wildman–Crippen MR) is 83.2 cm³/mol. The average Bonchev–Trinajstić information content (AvgIpc) is 3.00. The Bertz CT molecular complexity index is 480. The molecular weight excluding hydrogens is 278 g/mol. The third kappa shape index (κ3) is 2.95. The van der Waals surface area contributed by atoms with E-state index in [4.69, 9.17) is 23.8 Å². The molecule has 3 N–H and O–H groups in total. The van der Waals surface area contributed by atoms with Crippen molar-refractivity contribution >= 4 is 34.6 Å². The van der Waals surface area contributed by atoms with Crippen molar-refractivity contribution < 1.29 is 0 Å². The Kier molecular flexibility index (Phi) is 3.80. The van der Waals surface area contributed by atoms with E-state index in [0.717, 1.165) is 17.5 Å². The average molecular weight is 296 g/mol. The second-order valence-corrected chi connectivity index (χ2v) is 6.30. The smallest absolute Gasteiger partial charge is 0.185 e. The second-order valence-electron chi connectivity index (χ2n) is 5.48. The van der Waals surface area contributed by atoms with Gasteiger partial charge in [-0.1, -0.05) is 30.2 Å². The Morgan fingerprint density at radius 3 is 2.74 bits per heavy atom. The second kappa shape index (κ2) is 5.55. The monoisotopic (exact) mass is 295 g/mol. The summed E-state index contributed by atoms with van der Waals surface area (Å²) in [4.78, 5) is 0. The first-order valence-electron chi connectivity index (χ1n) is 6.79. The molecule has 19 heavy (non-hydrogen) atoms. The summed E-state index contributed by atoms with van der Waals surface area (Å²) in [6.45, 7) is 0. The van der Waals surface area contributed by atoms with Gasteiger partial charge in [-0.3, -0.25) is 10.9 Å². The summed E-state index contributed by atoms with van der Waals surface area (Å²) in [6, 6.07) is 8.14. The van der Waals surface area contributed by atoms with Crippen molar-refractivity contribution in [2.75, 3.05) is 5.43 Å². The van der Waals surface area contributed by atoms with Gasteiger partial charge in [0.1, 0.15) is 0 Å². The molecule has 0 amide bonds. The number of halogens is 1. The molecule has 1 aromatic carbocycles. The minimum Gasteiger partial charge on any atom is -0.358 e. The molecular formula is C14H18ClN3S. The third-order valence-corrected chi connectivity index (χ3v) is 4.79. The van der Waals surface area contributed by atoms with E-state index in [1.54, 1.807) is 0 Å². The van der Waals surface area contributed by atoms with E-state index in [1.165, 1.54) is 25.7 Å². The number of benzene rings is 1. The number of para-hydroxylation sites is 1. The SMILES string of the molecule is S=C(NNc1ccccc1Cl)N[C@H]1C[C@H]2CC[C@@H]1C2. The molecule has 3 rings (SSSR count). The summed E-state index contributed by atoms with van der Waals surface area (Å²) >= 11 is 11.4. The van der Waals surface area contributed by atoms with E-state index in [9.17, 15) is 0 Å². The van der Waals surface area contributed by atoms with Crippen LogP contribution in [0.5, 0.6) is 0 Å². The summed E-state index contributed by atoms with van der Waals surface area (Å²) in [5.74, 6) is 1.73. The highest BCUT2D eigenvalue weighted by atomic mass is 35.5. The summed E-state index contributed by atoms with van der Waals surface area (Å²) in [7, 11) is 0. The van der Waals surface area contributed by atoms with Crippen molar-refractivity contribution in [3.05, 3.63) is 29.3 Å². The number of fused-ring (bicyclic) bond motifs is 2. The molecule has 102 valence electrons. The molecule has 0 aliphatic heterocycles. The lowest BCUT2D eigenvalue weighted by Crippen LogP contribution is -2.46. The van der Waals surface area contributed by atoms with Crippen molar-refractivity contribution in [3.63, 3.8) is 0 Å². The van der Waals surface area contributed by atoms with Crippen molar-refractivity contribution in [2.24, 2.45) is 11.8 Å². The van der Waals surface area contributed by atoms with Gasteiger partial charge in [-0.25, -0.2) is 0 Å². The fourth-order valence-corrected chi connectivity index (χ4v) is 3.70. The van der Waals surface area contributed by atoms with Crippen LogP contribution >= 0.6 is 23.8 Å². The largest absolute Gasteiger partial charge is 0.358 e. The zero-order valence-corrected chi connectivity index (χ0v) is 12.2. The molecule has 2 aliphatic carbocycles. The fraction of sp³-hybridized carbons (Fsp3) is 0.500. The van der Waals surface area contributed by atoms with E-state index in [2.05, 4.69) is 16.2 Å². The molecule has 0 saturated heterocycles. The highest BCUT2D eigenvalue weighted by Gasteiger charge is 2.39. The first kappa shape index (κ1) is 13.0. The number of hydrogen-bond donors (Lipinski definition) is 3. The number of rotatable bonds is 3. The van der Waals surface area contributed by atoms with Gasteiger partial charge in [-0.2, -0.15) is 0 Å². The van der Waals surface area contributed by atoms with Crippen LogP contribution in [-0.2, 0) is 0 Å². The zero-order valence-electron chi connectivity index (χ0n) is 10.7. The van der Waals surface area contributed by atoms with Crippen LogP contribution in [0.25, 0.3) is 0 Å². The van der Waals surface area contributed by atoms with Gasteiger partial charge >= 0.3 is 0 Å². The number of anilines is 1. The van der Waals surface area contributed by atoms with Crippen LogP contribution in [0, 0.1) is 11.8 Å². The van der Waals surface area contributed by atoms with Crippen LogP contribution in [0.2, 0.25) is 5.02 Å². The summed E-state index contributed by atoms with van der Waals surface area (Å²) in [6.07, 6.45) is 5.39. The Hall–Kier alpha value is -1.00. The molecule has 2 fully saturated rings. The van der Waals surface area contributed by atoms with Crippen molar-refractivity contribution in [3.8, 4) is 0 Å². The molecule has 5 heteroatoms. The van der Waals surface area contributed by atoms with Crippen LogP contribution < -0.4 is 16.2 Å². The summed E-state index contributed by atoms with van der Waals surface area (Å²) in [5.41, 5.74) is 6.89. The molecule has 0 unspecified atom stereocenters. The van der Waals surface area contributed by atoms with Crippen LogP contribution in [0.4, 0.5) is 5.69 Å². The first-order chi connectivity index (χ1) is 9.22. The molecule has 3 nitrogen and oxygen atoms in total. The standard InChI is InChI=1S/C14H18ClN3S/c15-11-3-1-2-4-12(11)17-18-14(19)16-13-8-9-5-6-10(13)7-9/h1-4,9-10,13,17H,5-8H2,(H2,16,18,19)/t9-,10+,13-/m0/s1. The lowest BCUT2D eigenvalue weighted by Gasteiger charge is -2.24. The Morgan fingerprint density at radius 1 is 1.21 bits per heavy atom. The number of nitrogens with one attached hydrogen (secondary N) is 3. The molecule has 0 spiro atoms. The molecule has 3 atom stereocenters. The van der Waals surface area contributed by atoms with Gasteiger partial charge in [-0.05, 0) is 55.4 Å². The van der Waals surface area contributed by atoms with Gasteiger partial charge in [0.15, 0.2) is 5.11 Å². The van der Waals surface area contributed by atoms with Gasteiger partial charge in [0, 0.05) is 6.04 Å². The fourth-order valence-electron chi connectivity index (χ4n) is 3.31. The Labute approximate surface area is 124 Å². The van der Waals surface area contributed by atoms with Crippen molar-refractivity contribution in [1.82, 2.24) is 10.7 Å². The summed E-state index contributed by atoms with van der Waals surface area (Å²) < 4.78 is 0. The highest BCUT2D eigenvalue weighted by Crippen LogP contribution is 2.44. The van der Waals surface area contributed by atoms with E-state index in [1.807, 2.05) is 24.3 Å². The van der Waals surface area contributed by atoms with Gasteiger partial charge in [0.05, 0.1) is 10.7 Å². The van der Waals surface area contributed by atoms with Gasteiger partial charge in [0.2, 0.25) is 0 Å². The lowest BCUT2D eigenvalue weighted by atomic mass is 9.96. The van der Waals surface area contributed by atoms with Crippen molar-refractivity contribution in [2.45, 2.75) is 31.7 Å². The molecule has 2 aliphatic rings. The molecule has 1 aromatic rings. The maximum absolute atomic E-state index is 6.06. The minimum absolute atomic E-state index is 0.548. The highest BCUT2D eigenvalue weighted by molar-refractivity contribution is 7.80. The van der Waals surface area contributed by atoms with Crippen LogP contribution in [0.1, 0.15) is 25.7 Å². The first-order valence-corrected chi connectivity index (χ1v) is 7.58. The number of hydrogen-bond acceptors (Lipinski definition) is 2. The topological polar surface area (TPSA) is 36.1 Å². The van der Waals surface area contributed by atoms with E-state index in [0.29, 0.717) is 16.2 Å². The van der Waals surface area contributed by atoms with Crippen LogP contribution in [0.15, 0.2) is 24.3 Å². The van der Waals surface area contributed by atoms with E-state index < -0.39 is 0 Å².